The maximum absolute atomic E-state index is 11.7. The highest BCUT2D eigenvalue weighted by Crippen LogP contribution is 2.61. The quantitative estimate of drug-likeness (QED) is 0.854. The normalized spacial score (nSPS) is 27.8. The molecule has 2 N–H and O–H groups in total. The minimum Gasteiger partial charge on any atom is -0.321 e. The lowest BCUT2D eigenvalue weighted by molar-refractivity contribution is 0.502. The van der Waals surface area contributed by atoms with Crippen molar-refractivity contribution in [3.8, 4) is 0 Å². The van der Waals surface area contributed by atoms with E-state index in [-0.39, 0.29) is 5.41 Å². The van der Waals surface area contributed by atoms with Crippen LogP contribution in [0.25, 0.3) is 0 Å². The third-order valence-electron chi connectivity index (χ3n) is 3.57. The minimum atomic E-state index is -3.21. The van der Waals surface area contributed by atoms with Gasteiger partial charge in [0.1, 0.15) is 0 Å². The van der Waals surface area contributed by atoms with Gasteiger partial charge in [-0.3, -0.25) is 0 Å². The van der Waals surface area contributed by atoms with Crippen LogP contribution >= 0.6 is 0 Å². The number of sulfone groups is 1. The molecule has 4 heteroatoms. The van der Waals surface area contributed by atoms with Gasteiger partial charge in [-0.2, -0.15) is 0 Å². The zero-order valence-electron chi connectivity index (χ0n) is 9.82. The van der Waals surface area contributed by atoms with Crippen molar-refractivity contribution in [2.45, 2.75) is 30.7 Å². The Bertz CT molecular complexity index is 534. The summed E-state index contributed by atoms with van der Waals surface area (Å²) >= 11 is 0. The molecule has 1 aliphatic rings. The van der Waals surface area contributed by atoms with Crippen LogP contribution in [0.1, 0.15) is 25.8 Å². The summed E-state index contributed by atoms with van der Waals surface area (Å²) < 4.78 is 23.4. The Morgan fingerprint density at radius 1 is 1.25 bits per heavy atom. The van der Waals surface area contributed by atoms with Crippen LogP contribution in [-0.4, -0.2) is 14.7 Å². The van der Waals surface area contributed by atoms with Gasteiger partial charge in [-0.15, -0.1) is 0 Å². The van der Waals surface area contributed by atoms with Crippen LogP contribution in [0, 0.1) is 5.41 Å². The van der Waals surface area contributed by atoms with Crippen LogP contribution in [0.3, 0.4) is 0 Å². The Balaban J connectivity index is 2.61. The van der Waals surface area contributed by atoms with Gasteiger partial charge in [0, 0.05) is 11.8 Å². The smallest absolute Gasteiger partial charge is 0.175 e. The molecule has 1 unspecified atom stereocenters. The number of benzene rings is 1. The van der Waals surface area contributed by atoms with Crippen LogP contribution in [0.15, 0.2) is 29.2 Å². The van der Waals surface area contributed by atoms with Crippen molar-refractivity contribution >= 4 is 9.84 Å². The Kier molecular flexibility index (Phi) is 2.23. The molecule has 0 bridgehead atoms. The fourth-order valence-corrected chi connectivity index (χ4v) is 3.25. The molecule has 0 aliphatic heterocycles. The maximum atomic E-state index is 11.7. The summed E-state index contributed by atoms with van der Waals surface area (Å²) in [5, 5.41) is 0. The van der Waals surface area contributed by atoms with Crippen molar-refractivity contribution in [2.75, 3.05) is 6.26 Å². The van der Waals surface area contributed by atoms with Crippen LogP contribution in [0.4, 0.5) is 0 Å². The predicted octanol–water partition coefficient (Wildman–Crippen LogP) is 1.67. The lowest BCUT2D eigenvalue weighted by atomic mass is 9.97. The number of hydrogen-bond acceptors (Lipinski definition) is 3. The molecule has 0 spiro atoms. The van der Waals surface area contributed by atoms with E-state index in [1.807, 2.05) is 12.1 Å². The van der Waals surface area contributed by atoms with Crippen molar-refractivity contribution in [3.05, 3.63) is 29.8 Å². The summed E-state index contributed by atoms with van der Waals surface area (Å²) in [6.07, 6.45) is 2.05. The van der Waals surface area contributed by atoms with E-state index in [2.05, 4.69) is 13.8 Å². The van der Waals surface area contributed by atoms with E-state index in [1.54, 1.807) is 12.1 Å². The molecule has 0 radical (unpaired) electrons. The van der Waals surface area contributed by atoms with Gasteiger partial charge < -0.3 is 5.73 Å². The Hall–Kier alpha value is -0.870. The van der Waals surface area contributed by atoms with Crippen molar-refractivity contribution in [2.24, 2.45) is 11.1 Å². The topological polar surface area (TPSA) is 60.2 Å². The van der Waals surface area contributed by atoms with Crippen LogP contribution in [0.5, 0.6) is 0 Å². The van der Waals surface area contributed by atoms with E-state index in [1.165, 1.54) is 6.26 Å². The molecule has 0 aromatic heterocycles. The van der Waals surface area contributed by atoms with Gasteiger partial charge in [0.15, 0.2) is 9.84 Å². The highest BCUT2D eigenvalue weighted by molar-refractivity contribution is 7.90. The van der Waals surface area contributed by atoms with Crippen molar-refractivity contribution in [3.63, 3.8) is 0 Å². The first-order valence-electron chi connectivity index (χ1n) is 5.27. The molecule has 3 nitrogen and oxygen atoms in total. The maximum Gasteiger partial charge on any atom is 0.175 e. The molecule has 0 amide bonds. The fraction of sp³-hybridized carbons (Fsp3) is 0.500. The molecular formula is C12H17NO2S. The van der Waals surface area contributed by atoms with Crippen molar-refractivity contribution in [1.82, 2.24) is 0 Å². The van der Waals surface area contributed by atoms with Crippen LogP contribution in [-0.2, 0) is 15.4 Å². The molecular weight excluding hydrogens is 222 g/mol. The number of rotatable bonds is 2. The minimum absolute atomic E-state index is 0.0200. The predicted molar refractivity (Wildman–Crippen MR) is 63.8 cm³/mol. The Morgan fingerprint density at radius 2 is 1.75 bits per heavy atom. The molecule has 1 aromatic carbocycles. The molecule has 1 fully saturated rings. The van der Waals surface area contributed by atoms with E-state index in [0.29, 0.717) is 4.90 Å². The molecule has 16 heavy (non-hydrogen) atoms. The molecule has 0 saturated heterocycles. The lowest BCUT2D eigenvalue weighted by Crippen LogP contribution is -2.27. The average molecular weight is 239 g/mol. The molecule has 1 atom stereocenters. The molecule has 1 aliphatic carbocycles. The number of hydrogen-bond donors (Lipinski definition) is 1. The third kappa shape index (κ3) is 1.57. The summed E-state index contributed by atoms with van der Waals surface area (Å²) in [5.41, 5.74) is 6.52. The van der Waals surface area contributed by atoms with Crippen molar-refractivity contribution < 1.29 is 8.42 Å². The monoisotopic (exact) mass is 239 g/mol. The third-order valence-corrected chi connectivity index (χ3v) is 4.73. The molecule has 88 valence electrons. The van der Waals surface area contributed by atoms with Gasteiger partial charge in [-0.05, 0) is 23.5 Å². The first-order chi connectivity index (χ1) is 7.18. The van der Waals surface area contributed by atoms with Gasteiger partial charge >= 0.3 is 0 Å². The van der Waals surface area contributed by atoms with Gasteiger partial charge in [0.05, 0.1) is 4.90 Å². The van der Waals surface area contributed by atoms with Crippen LogP contribution < -0.4 is 5.73 Å². The van der Waals surface area contributed by atoms with Crippen molar-refractivity contribution in [1.29, 1.82) is 0 Å². The Morgan fingerprint density at radius 3 is 2.19 bits per heavy atom. The van der Waals surface area contributed by atoms with Gasteiger partial charge in [0.2, 0.25) is 0 Å². The average Bonchev–Trinajstić information content (AvgIpc) is 2.66. The first kappa shape index (κ1) is 11.6. The summed E-state index contributed by atoms with van der Waals surface area (Å²) in [5.74, 6) is 0. The molecule has 2 rings (SSSR count). The zero-order chi connectivity index (χ0) is 12.2. The second kappa shape index (κ2) is 3.08. The molecule has 0 heterocycles. The largest absolute Gasteiger partial charge is 0.321 e. The van der Waals surface area contributed by atoms with E-state index >= 15 is 0 Å². The highest BCUT2D eigenvalue weighted by atomic mass is 32.2. The fourth-order valence-electron chi connectivity index (χ4n) is 2.27. The zero-order valence-corrected chi connectivity index (χ0v) is 10.6. The van der Waals surface area contributed by atoms with E-state index < -0.39 is 15.4 Å². The second-order valence-electron chi connectivity index (χ2n) is 5.30. The van der Waals surface area contributed by atoms with Gasteiger partial charge in [-0.1, -0.05) is 32.0 Å². The summed E-state index contributed by atoms with van der Waals surface area (Å²) in [6.45, 7) is 4.12. The standard InChI is InChI=1S/C12H17NO2S/c1-11(2)8-12(11,13)9-6-4-5-7-10(9)16(3,14)15/h4-7H,8,13H2,1-3H3. The summed E-state index contributed by atoms with van der Waals surface area (Å²) in [4.78, 5) is 0.364. The SMILES string of the molecule is CC1(C)CC1(N)c1ccccc1S(C)(=O)=O. The second-order valence-corrected chi connectivity index (χ2v) is 7.28. The first-order valence-corrected chi connectivity index (χ1v) is 7.16. The molecule has 1 saturated carbocycles. The molecule has 1 aromatic rings. The van der Waals surface area contributed by atoms with Crippen LogP contribution in [0.2, 0.25) is 0 Å². The van der Waals surface area contributed by atoms with E-state index in [4.69, 9.17) is 5.73 Å². The number of nitrogens with two attached hydrogens (primary N) is 1. The van der Waals surface area contributed by atoms with Gasteiger partial charge in [-0.25, -0.2) is 8.42 Å². The highest BCUT2D eigenvalue weighted by Gasteiger charge is 2.60. The van der Waals surface area contributed by atoms with Gasteiger partial charge in [0.25, 0.3) is 0 Å². The van der Waals surface area contributed by atoms with E-state index in [0.717, 1.165) is 12.0 Å². The Labute approximate surface area is 96.6 Å². The lowest BCUT2D eigenvalue weighted by Gasteiger charge is -2.18. The summed E-state index contributed by atoms with van der Waals surface area (Å²) in [6, 6.07) is 7.03. The van der Waals surface area contributed by atoms with E-state index in [9.17, 15) is 8.42 Å². The summed E-state index contributed by atoms with van der Waals surface area (Å²) in [7, 11) is -3.21.